The van der Waals surface area contributed by atoms with E-state index in [2.05, 4.69) is 16.3 Å². The van der Waals surface area contributed by atoms with Crippen LogP contribution in [0.25, 0.3) is 0 Å². The Kier molecular flexibility index (Phi) is 5.59. The monoisotopic (exact) mass is 287 g/mol. The first-order chi connectivity index (χ1) is 10.2. The van der Waals surface area contributed by atoms with Crippen LogP contribution in [0.1, 0.15) is 18.4 Å². The molecule has 1 aliphatic rings. The number of methoxy groups -OCH3 is 1. The zero-order chi connectivity index (χ0) is 15.1. The van der Waals surface area contributed by atoms with E-state index < -0.39 is 0 Å². The summed E-state index contributed by atoms with van der Waals surface area (Å²) in [7, 11) is 1.62. The summed E-state index contributed by atoms with van der Waals surface area (Å²) in [6.45, 7) is 2.22. The van der Waals surface area contributed by atoms with Crippen LogP contribution in [-0.2, 0) is 11.2 Å². The topological polar surface area (TPSA) is 65.4 Å². The summed E-state index contributed by atoms with van der Waals surface area (Å²) >= 11 is 0. The summed E-state index contributed by atoms with van der Waals surface area (Å²) in [6.07, 6.45) is 2.19. The van der Waals surface area contributed by atoms with Gasteiger partial charge in [-0.2, -0.15) is 5.26 Å². The lowest BCUT2D eigenvalue weighted by Gasteiger charge is -2.30. The Balaban J connectivity index is 1.78. The quantitative estimate of drug-likeness (QED) is 0.830. The lowest BCUT2D eigenvalue weighted by Crippen LogP contribution is -2.45. The second kappa shape index (κ2) is 7.65. The van der Waals surface area contributed by atoms with Crippen molar-refractivity contribution in [2.45, 2.75) is 25.3 Å². The first kappa shape index (κ1) is 15.3. The molecule has 1 amide bonds. The molecular weight excluding hydrogens is 266 g/mol. The summed E-state index contributed by atoms with van der Waals surface area (Å²) in [5.74, 6) is 0.812. The molecular formula is C16H21N3O2. The van der Waals surface area contributed by atoms with Gasteiger partial charge in [0, 0.05) is 19.1 Å². The Bertz CT molecular complexity index is 516. The summed E-state index contributed by atoms with van der Waals surface area (Å²) in [4.78, 5) is 14.2. The lowest BCUT2D eigenvalue weighted by atomic mass is 10.0. The van der Waals surface area contributed by atoms with E-state index in [0.29, 0.717) is 13.0 Å². The van der Waals surface area contributed by atoms with E-state index >= 15 is 0 Å². The number of ether oxygens (including phenoxy) is 1. The average Bonchev–Trinajstić information content (AvgIpc) is 2.49. The largest absolute Gasteiger partial charge is 0.497 e. The fraction of sp³-hybridized carbons (Fsp3) is 0.500. The number of piperidine rings is 1. The van der Waals surface area contributed by atoms with Crippen molar-refractivity contribution >= 4 is 5.91 Å². The number of benzene rings is 1. The van der Waals surface area contributed by atoms with Crippen LogP contribution >= 0.6 is 0 Å². The Morgan fingerprint density at radius 3 is 2.90 bits per heavy atom. The van der Waals surface area contributed by atoms with Crippen molar-refractivity contribution in [3.05, 3.63) is 29.8 Å². The van der Waals surface area contributed by atoms with Crippen molar-refractivity contribution in [3.8, 4) is 11.8 Å². The number of nitrogens with one attached hydrogen (secondary N) is 1. The maximum absolute atomic E-state index is 12.1. The highest BCUT2D eigenvalue weighted by Gasteiger charge is 2.20. The molecule has 5 heteroatoms. The number of hydrogen-bond donors (Lipinski definition) is 1. The van der Waals surface area contributed by atoms with Gasteiger partial charge in [0.1, 0.15) is 5.75 Å². The fourth-order valence-corrected chi connectivity index (χ4v) is 2.58. The average molecular weight is 287 g/mol. The van der Waals surface area contributed by atoms with Crippen molar-refractivity contribution in [1.82, 2.24) is 10.2 Å². The third kappa shape index (κ3) is 4.76. The van der Waals surface area contributed by atoms with Crippen molar-refractivity contribution < 1.29 is 9.53 Å². The van der Waals surface area contributed by atoms with Gasteiger partial charge in [-0.25, -0.2) is 0 Å². The smallest absolute Gasteiger partial charge is 0.224 e. The molecule has 1 aromatic carbocycles. The van der Waals surface area contributed by atoms with E-state index in [-0.39, 0.29) is 11.9 Å². The maximum Gasteiger partial charge on any atom is 0.224 e. The highest BCUT2D eigenvalue weighted by Crippen LogP contribution is 2.14. The number of carbonyl (C=O) groups excluding carboxylic acids is 1. The minimum atomic E-state index is 0.0435. The Labute approximate surface area is 125 Å². The van der Waals surface area contributed by atoms with E-state index in [4.69, 9.17) is 10.00 Å². The highest BCUT2D eigenvalue weighted by atomic mass is 16.5. The number of likely N-dealkylation sites (tertiary alicyclic amines) is 1. The SMILES string of the molecule is COc1cccc(CC(=O)NC2CCN(CC#N)CC2)c1. The van der Waals surface area contributed by atoms with Crippen LogP contribution in [0.4, 0.5) is 0 Å². The summed E-state index contributed by atoms with van der Waals surface area (Å²) in [5, 5.41) is 11.7. The standard InChI is InChI=1S/C16H21N3O2/c1-21-15-4-2-3-13(11-15)12-16(20)18-14-5-8-19(9-6-14)10-7-17/h2-4,11,14H,5-6,8-10,12H2,1H3,(H,18,20). The van der Waals surface area contributed by atoms with Gasteiger partial charge in [0.05, 0.1) is 26.1 Å². The Morgan fingerprint density at radius 1 is 1.48 bits per heavy atom. The molecule has 0 aliphatic carbocycles. The zero-order valence-electron chi connectivity index (χ0n) is 12.3. The molecule has 5 nitrogen and oxygen atoms in total. The molecule has 0 radical (unpaired) electrons. The predicted octanol–water partition coefficient (Wildman–Crippen LogP) is 1.34. The summed E-state index contributed by atoms with van der Waals surface area (Å²) < 4.78 is 5.16. The molecule has 2 rings (SSSR count). The highest BCUT2D eigenvalue weighted by molar-refractivity contribution is 5.79. The molecule has 0 spiro atoms. The van der Waals surface area contributed by atoms with Gasteiger partial charge in [-0.1, -0.05) is 12.1 Å². The van der Waals surface area contributed by atoms with Crippen LogP contribution in [-0.4, -0.2) is 43.6 Å². The van der Waals surface area contributed by atoms with Gasteiger partial charge in [-0.3, -0.25) is 9.69 Å². The van der Waals surface area contributed by atoms with Crippen LogP contribution < -0.4 is 10.1 Å². The molecule has 112 valence electrons. The molecule has 21 heavy (non-hydrogen) atoms. The van der Waals surface area contributed by atoms with Gasteiger partial charge in [-0.15, -0.1) is 0 Å². The first-order valence-corrected chi connectivity index (χ1v) is 7.23. The zero-order valence-corrected chi connectivity index (χ0v) is 12.3. The number of amides is 1. The number of hydrogen-bond acceptors (Lipinski definition) is 4. The van der Waals surface area contributed by atoms with Gasteiger partial charge in [0.15, 0.2) is 0 Å². The minimum absolute atomic E-state index is 0.0435. The third-order valence-electron chi connectivity index (χ3n) is 3.75. The van der Waals surface area contributed by atoms with Crippen LogP contribution in [0.3, 0.4) is 0 Å². The maximum atomic E-state index is 12.1. The molecule has 0 saturated carbocycles. The second-order valence-electron chi connectivity index (χ2n) is 5.30. The summed E-state index contributed by atoms with van der Waals surface area (Å²) in [5.41, 5.74) is 0.953. The van der Waals surface area contributed by atoms with Crippen LogP contribution in [0, 0.1) is 11.3 Å². The number of nitrogens with zero attached hydrogens (tertiary/aromatic N) is 2. The first-order valence-electron chi connectivity index (χ1n) is 7.23. The Hall–Kier alpha value is -2.06. The van der Waals surface area contributed by atoms with Gasteiger partial charge in [-0.05, 0) is 30.5 Å². The molecule has 1 aliphatic heterocycles. The van der Waals surface area contributed by atoms with E-state index in [1.807, 2.05) is 24.3 Å². The van der Waals surface area contributed by atoms with Crippen molar-refractivity contribution in [3.63, 3.8) is 0 Å². The lowest BCUT2D eigenvalue weighted by molar-refractivity contribution is -0.121. The molecule has 1 N–H and O–H groups in total. The number of rotatable bonds is 5. The van der Waals surface area contributed by atoms with Crippen LogP contribution in [0.15, 0.2) is 24.3 Å². The molecule has 0 aromatic heterocycles. The van der Waals surface area contributed by atoms with Crippen LogP contribution in [0.2, 0.25) is 0 Å². The number of nitriles is 1. The molecule has 0 unspecified atom stereocenters. The van der Waals surface area contributed by atoms with Crippen molar-refractivity contribution in [2.75, 3.05) is 26.7 Å². The summed E-state index contributed by atoms with van der Waals surface area (Å²) in [6, 6.07) is 9.95. The molecule has 0 atom stereocenters. The van der Waals surface area contributed by atoms with Gasteiger partial charge in [0.2, 0.25) is 5.91 Å². The van der Waals surface area contributed by atoms with Gasteiger partial charge >= 0.3 is 0 Å². The molecule has 0 bridgehead atoms. The second-order valence-corrected chi connectivity index (χ2v) is 5.30. The van der Waals surface area contributed by atoms with Gasteiger partial charge < -0.3 is 10.1 Å². The normalized spacial score (nSPS) is 16.2. The van der Waals surface area contributed by atoms with E-state index in [1.165, 1.54) is 0 Å². The molecule has 1 saturated heterocycles. The van der Waals surface area contributed by atoms with E-state index in [1.54, 1.807) is 7.11 Å². The third-order valence-corrected chi connectivity index (χ3v) is 3.75. The van der Waals surface area contributed by atoms with Crippen molar-refractivity contribution in [2.24, 2.45) is 0 Å². The molecule has 1 fully saturated rings. The molecule has 1 aromatic rings. The van der Waals surface area contributed by atoms with E-state index in [0.717, 1.165) is 37.2 Å². The molecule has 1 heterocycles. The Morgan fingerprint density at radius 2 is 2.24 bits per heavy atom. The number of carbonyl (C=O) groups is 1. The van der Waals surface area contributed by atoms with Crippen LogP contribution in [0.5, 0.6) is 5.75 Å². The fourth-order valence-electron chi connectivity index (χ4n) is 2.58. The van der Waals surface area contributed by atoms with E-state index in [9.17, 15) is 4.79 Å². The predicted molar refractivity (Wildman–Crippen MR) is 79.9 cm³/mol. The minimum Gasteiger partial charge on any atom is -0.497 e. The van der Waals surface area contributed by atoms with Gasteiger partial charge in [0.25, 0.3) is 0 Å². The van der Waals surface area contributed by atoms with Crippen molar-refractivity contribution in [1.29, 1.82) is 5.26 Å².